The van der Waals surface area contributed by atoms with Crippen molar-refractivity contribution in [1.29, 1.82) is 0 Å². The van der Waals surface area contributed by atoms with E-state index in [9.17, 15) is 14.7 Å². The summed E-state index contributed by atoms with van der Waals surface area (Å²) in [6.45, 7) is 0. The fourth-order valence-corrected chi connectivity index (χ4v) is 6.56. The van der Waals surface area contributed by atoms with E-state index < -0.39 is 11.5 Å². The molecule has 0 bridgehead atoms. The number of aromatic carboxylic acids is 1. The minimum absolute atomic E-state index is 0.150. The number of amides is 1. The summed E-state index contributed by atoms with van der Waals surface area (Å²) in [6, 6.07) is 39.7. The lowest BCUT2D eigenvalue weighted by Crippen LogP contribution is -2.35. The van der Waals surface area contributed by atoms with E-state index in [1.807, 2.05) is 72.9 Å². The molecule has 1 aliphatic carbocycles. The fourth-order valence-electron chi connectivity index (χ4n) is 5.59. The summed E-state index contributed by atoms with van der Waals surface area (Å²) in [6.07, 6.45) is 3.58. The van der Waals surface area contributed by atoms with Gasteiger partial charge in [0.1, 0.15) is 0 Å². The highest BCUT2D eigenvalue weighted by Crippen LogP contribution is 2.46. The summed E-state index contributed by atoms with van der Waals surface area (Å²) in [5, 5.41) is 13.5. The highest BCUT2D eigenvalue weighted by molar-refractivity contribution is 7.99. The number of aromatic nitrogens is 1. The summed E-state index contributed by atoms with van der Waals surface area (Å²) in [4.78, 5) is 31.0. The summed E-state index contributed by atoms with van der Waals surface area (Å²) in [5.41, 5.74) is 6.47. The fraction of sp³-hybridized carbons (Fsp3) is 0.0811. The van der Waals surface area contributed by atoms with Crippen molar-refractivity contribution in [1.82, 2.24) is 10.3 Å². The Morgan fingerprint density at radius 1 is 0.721 bits per heavy atom. The van der Waals surface area contributed by atoms with Crippen LogP contribution in [-0.2, 0) is 5.54 Å². The normalized spacial score (nSPS) is 13.5. The third-order valence-corrected chi connectivity index (χ3v) is 9.12. The Kier molecular flexibility index (Phi) is 6.84. The van der Waals surface area contributed by atoms with Gasteiger partial charge in [-0.15, -0.1) is 0 Å². The zero-order chi connectivity index (χ0) is 29.4. The van der Waals surface area contributed by atoms with Crippen molar-refractivity contribution in [2.75, 3.05) is 0 Å². The number of H-pyrrole nitrogens is 1. The van der Waals surface area contributed by atoms with E-state index in [4.69, 9.17) is 0 Å². The molecule has 210 valence electrons. The lowest BCUT2D eigenvalue weighted by Gasteiger charge is -2.19. The number of hydrogen-bond acceptors (Lipinski definition) is 3. The molecule has 0 saturated heterocycles. The van der Waals surface area contributed by atoms with Crippen LogP contribution in [0.3, 0.4) is 0 Å². The van der Waals surface area contributed by atoms with Gasteiger partial charge in [-0.25, -0.2) is 4.79 Å². The molecule has 0 atom stereocenters. The van der Waals surface area contributed by atoms with Gasteiger partial charge in [0.15, 0.2) is 0 Å². The van der Waals surface area contributed by atoms with Crippen LogP contribution in [0.5, 0.6) is 0 Å². The molecule has 3 N–H and O–H groups in total. The van der Waals surface area contributed by atoms with Crippen LogP contribution >= 0.6 is 11.8 Å². The van der Waals surface area contributed by atoms with Crippen molar-refractivity contribution < 1.29 is 14.7 Å². The van der Waals surface area contributed by atoms with Crippen molar-refractivity contribution in [3.05, 3.63) is 144 Å². The summed E-state index contributed by atoms with van der Waals surface area (Å²) >= 11 is 1.63. The first-order valence-corrected chi connectivity index (χ1v) is 15.0. The standard InChI is InChI=1S/C37H28N2O3S/c40-35(39-37(19-20-37)29-15-11-27(12-16-29)36(41)42)31-21-28(25-9-5-2-6-10-25)22-32-34(31)33(23-38-32)43-30-17-13-26(14-18-30)24-7-3-1-4-8-24/h1-18,21-23,38H,19-20H2,(H,39,40)(H,41,42). The Bertz CT molecular complexity index is 1940. The van der Waals surface area contributed by atoms with Crippen molar-refractivity contribution in [2.24, 2.45) is 0 Å². The van der Waals surface area contributed by atoms with Gasteiger partial charge in [-0.05, 0) is 77.1 Å². The highest BCUT2D eigenvalue weighted by Gasteiger charge is 2.46. The van der Waals surface area contributed by atoms with Crippen LogP contribution in [0.1, 0.15) is 39.1 Å². The molecule has 6 heteroatoms. The van der Waals surface area contributed by atoms with Gasteiger partial charge in [-0.2, -0.15) is 0 Å². The Morgan fingerprint density at radius 2 is 1.33 bits per heavy atom. The van der Waals surface area contributed by atoms with Gasteiger partial charge in [0, 0.05) is 26.9 Å². The molecule has 0 radical (unpaired) electrons. The van der Waals surface area contributed by atoms with Crippen LogP contribution in [0.25, 0.3) is 33.2 Å². The number of aromatic amines is 1. The number of benzene rings is 5. The average molecular weight is 581 g/mol. The minimum Gasteiger partial charge on any atom is -0.478 e. The highest BCUT2D eigenvalue weighted by atomic mass is 32.2. The summed E-state index contributed by atoms with van der Waals surface area (Å²) in [5.74, 6) is -1.11. The van der Waals surface area contributed by atoms with Crippen molar-refractivity contribution >= 4 is 34.5 Å². The Balaban J connectivity index is 1.24. The predicted molar refractivity (Wildman–Crippen MR) is 172 cm³/mol. The second kappa shape index (κ2) is 11.0. The molecule has 1 fully saturated rings. The van der Waals surface area contributed by atoms with E-state index in [1.54, 1.807) is 23.9 Å². The lowest BCUT2D eigenvalue weighted by atomic mass is 9.98. The van der Waals surface area contributed by atoms with E-state index in [0.717, 1.165) is 55.8 Å². The SMILES string of the molecule is O=C(O)c1ccc(C2(NC(=O)c3cc(-c4ccccc4)cc4[nH]cc(Sc5ccc(-c6ccccc6)cc5)c34)CC2)cc1. The van der Waals surface area contributed by atoms with Gasteiger partial charge in [0.05, 0.1) is 16.7 Å². The Hall–Kier alpha value is -5.07. The molecule has 1 aliphatic rings. The largest absolute Gasteiger partial charge is 0.478 e. The molecule has 1 saturated carbocycles. The quantitative estimate of drug-likeness (QED) is 0.168. The molecule has 43 heavy (non-hydrogen) atoms. The van der Waals surface area contributed by atoms with Gasteiger partial charge in [-0.3, -0.25) is 4.79 Å². The molecule has 0 spiro atoms. The lowest BCUT2D eigenvalue weighted by molar-refractivity contribution is 0.0696. The van der Waals surface area contributed by atoms with Gasteiger partial charge >= 0.3 is 5.97 Å². The van der Waals surface area contributed by atoms with E-state index in [2.05, 4.69) is 52.8 Å². The van der Waals surface area contributed by atoms with Gasteiger partial charge in [-0.1, -0.05) is 96.7 Å². The first kappa shape index (κ1) is 26.8. The first-order valence-electron chi connectivity index (χ1n) is 14.2. The zero-order valence-corrected chi connectivity index (χ0v) is 24.0. The topological polar surface area (TPSA) is 82.2 Å². The maximum Gasteiger partial charge on any atom is 0.335 e. The second-order valence-electron chi connectivity index (χ2n) is 10.9. The third-order valence-electron chi connectivity index (χ3n) is 8.07. The van der Waals surface area contributed by atoms with Crippen LogP contribution in [0.15, 0.2) is 137 Å². The zero-order valence-electron chi connectivity index (χ0n) is 23.2. The number of nitrogens with one attached hydrogen (secondary N) is 2. The predicted octanol–water partition coefficient (Wildman–Crippen LogP) is 8.77. The monoisotopic (exact) mass is 580 g/mol. The average Bonchev–Trinajstić information content (AvgIpc) is 3.73. The van der Waals surface area contributed by atoms with Crippen molar-refractivity contribution in [3.8, 4) is 22.3 Å². The van der Waals surface area contributed by atoms with Gasteiger partial charge in [0.2, 0.25) is 0 Å². The number of carbonyl (C=O) groups excluding carboxylic acids is 1. The molecule has 0 aliphatic heterocycles. The number of carbonyl (C=O) groups is 2. The summed E-state index contributed by atoms with van der Waals surface area (Å²) in [7, 11) is 0. The third kappa shape index (κ3) is 5.33. The number of rotatable bonds is 8. The molecular weight excluding hydrogens is 552 g/mol. The van der Waals surface area contributed by atoms with Gasteiger partial charge in [0.25, 0.3) is 5.91 Å². The van der Waals surface area contributed by atoms with Crippen LogP contribution in [0.4, 0.5) is 0 Å². The molecule has 1 heterocycles. The van der Waals surface area contributed by atoms with Crippen molar-refractivity contribution in [2.45, 2.75) is 28.2 Å². The van der Waals surface area contributed by atoms with E-state index in [-0.39, 0.29) is 11.5 Å². The van der Waals surface area contributed by atoms with Gasteiger partial charge < -0.3 is 15.4 Å². The maximum absolute atomic E-state index is 14.1. The van der Waals surface area contributed by atoms with E-state index in [0.29, 0.717) is 5.56 Å². The number of carboxylic acids is 1. The minimum atomic E-state index is -0.965. The Labute approximate surface area is 253 Å². The van der Waals surface area contributed by atoms with Crippen LogP contribution in [-0.4, -0.2) is 22.0 Å². The van der Waals surface area contributed by atoms with Crippen molar-refractivity contribution in [3.63, 3.8) is 0 Å². The van der Waals surface area contributed by atoms with Crippen LogP contribution < -0.4 is 5.32 Å². The molecule has 6 aromatic rings. The smallest absolute Gasteiger partial charge is 0.335 e. The number of fused-ring (bicyclic) bond motifs is 1. The second-order valence-corrected chi connectivity index (χ2v) is 12.0. The molecular formula is C37H28N2O3S. The molecule has 1 amide bonds. The molecule has 5 nitrogen and oxygen atoms in total. The van der Waals surface area contributed by atoms with E-state index >= 15 is 0 Å². The van der Waals surface area contributed by atoms with Crippen LogP contribution in [0, 0.1) is 0 Å². The maximum atomic E-state index is 14.1. The molecule has 0 unspecified atom stereocenters. The number of carboxylic acid groups (broad SMARTS) is 1. The van der Waals surface area contributed by atoms with E-state index in [1.165, 1.54) is 5.56 Å². The molecule has 7 rings (SSSR count). The number of hydrogen-bond donors (Lipinski definition) is 3. The molecule has 1 aromatic heterocycles. The molecule has 5 aromatic carbocycles. The van der Waals surface area contributed by atoms with Crippen LogP contribution in [0.2, 0.25) is 0 Å². The first-order chi connectivity index (χ1) is 21.0. The summed E-state index contributed by atoms with van der Waals surface area (Å²) < 4.78 is 0. The Morgan fingerprint density at radius 3 is 1.93 bits per heavy atom.